The van der Waals surface area contributed by atoms with Gasteiger partial charge in [-0.05, 0) is 69.3 Å². The number of hydrogen-bond donors (Lipinski definition) is 2. The van der Waals surface area contributed by atoms with Crippen molar-refractivity contribution in [1.29, 1.82) is 0 Å². The Morgan fingerprint density at radius 3 is 2.12 bits per heavy atom. The van der Waals surface area contributed by atoms with E-state index in [0.29, 0.717) is 65.1 Å². The van der Waals surface area contributed by atoms with Gasteiger partial charge in [0.05, 0.1) is 39.2 Å². The molecule has 0 radical (unpaired) electrons. The van der Waals surface area contributed by atoms with Crippen LogP contribution in [0.3, 0.4) is 0 Å². The zero-order chi connectivity index (χ0) is 30.6. The number of nitrogens with one attached hydrogen (secondary N) is 2. The van der Waals surface area contributed by atoms with Crippen LogP contribution in [0, 0.1) is 0 Å². The van der Waals surface area contributed by atoms with Gasteiger partial charge in [-0.15, -0.1) is 10.2 Å². The number of para-hydroxylation sites is 1. The maximum absolute atomic E-state index is 13.3. The third-order valence-corrected chi connectivity index (χ3v) is 6.93. The zero-order valence-electron chi connectivity index (χ0n) is 24.6. The topological polar surface area (TPSA) is 126 Å². The second-order valence-corrected chi connectivity index (χ2v) is 9.86. The number of ether oxygens (including phenoxy) is 4. The van der Waals surface area contributed by atoms with Crippen molar-refractivity contribution in [1.82, 2.24) is 20.1 Å². The average molecular weight is 606 g/mol. The highest BCUT2D eigenvalue weighted by atomic mass is 32.2. The molecule has 11 nitrogen and oxygen atoms in total. The first-order chi connectivity index (χ1) is 21.0. The fraction of sp³-hybridized carbons (Fsp3) is 0.290. The molecular formula is C31H35N5O6S. The van der Waals surface area contributed by atoms with Crippen molar-refractivity contribution in [2.45, 2.75) is 32.5 Å². The lowest BCUT2D eigenvalue weighted by molar-refractivity contribution is -0.113. The van der Waals surface area contributed by atoms with E-state index in [4.69, 9.17) is 18.9 Å². The van der Waals surface area contributed by atoms with Gasteiger partial charge in [0.2, 0.25) is 11.7 Å². The maximum Gasteiger partial charge on any atom is 0.251 e. The number of amides is 2. The minimum atomic E-state index is -0.347. The van der Waals surface area contributed by atoms with E-state index >= 15 is 0 Å². The van der Waals surface area contributed by atoms with Gasteiger partial charge in [0.15, 0.2) is 22.5 Å². The lowest BCUT2D eigenvalue weighted by Crippen LogP contribution is -2.25. The van der Waals surface area contributed by atoms with E-state index < -0.39 is 0 Å². The highest BCUT2D eigenvalue weighted by Crippen LogP contribution is 2.39. The number of anilines is 1. The Labute approximate surface area is 254 Å². The number of nitrogens with zero attached hydrogens (tertiary/aromatic N) is 3. The van der Waals surface area contributed by atoms with E-state index in [1.807, 2.05) is 55.7 Å². The average Bonchev–Trinajstić information content (AvgIpc) is 3.44. The Morgan fingerprint density at radius 1 is 0.860 bits per heavy atom. The molecule has 0 bridgehead atoms. The second-order valence-electron chi connectivity index (χ2n) is 8.92. The van der Waals surface area contributed by atoms with Crippen LogP contribution in [-0.4, -0.2) is 59.3 Å². The third kappa shape index (κ3) is 8.19. The summed E-state index contributed by atoms with van der Waals surface area (Å²) < 4.78 is 24.2. The molecule has 4 aromatic rings. The summed E-state index contributed by atoms with van der Waals surface area (Å²) in [5, 5.41) is 15.0. The van der Waals surface area contributed by atoms with Crippen molar-refractivity contribution in [3.05, 3.63) is 78.1 Å². The zero-order valence-corrected chi connectivity index (χ0v) is 25.4. The van der Waals surface area contributed by atoms with Gasteiger partial charge in [-0.3, -0.25) is 14.2 Å². The number of rotatable bonds is 15. The summed E-state index contributed by atoms with van der Waals surface area (Å²) in [5.74, 6) is 2.09. The first-order valence-corrected chi connectivity index (χ1v) is 14.9. The van der Waals surface area contributed by atoms with Gasteiger partial charge in [-0.2, -0.15) is 0 Å². The molecule has 43 heavy (non-hydrogen) atoms. The van der Waals surface area contributed by atoms with E-state index in [0.717, 1.165) is 5.69 Å². The summed E-state index contributed by atoms with van der Waals surface area (Å²) in [6.07, 6.45) is 0. The predicted octanol–water partition coefficient (Wildman–Crippen LogP) is 5.13. The lowest BCUT2D eigenvalue weighted by atomic mass is 10.1. The first-order valence-electron chi connectivity index (χ1n) is 13.9. The van der Waals surface area contributed by atoms with Gasteiger partial charge in [-0.1, -0.05) is 30.0 Å². The fourth-order valence-corrected chi connectivity index (χ4v) is 4.90. The van der Waals surface area contributed by atoms with Crippen molar-refractivity contribution in [2.75, 3.05) is 38.0 Å². The Hall–Kier alpha value is -4.71. The van der Waals surface area contributed by atoms with E-state index in [1.165, 1.54) is 11.8 Å². The molecule has 0 saturated heterocycles. The summed E-state index contributed by atoms with van der Waals surface area (Å²) >= 11 is 1.24. The molecular weight excluding hydrogens is 570 g/mol. The number of carbonyl (C=O) groups excluding carboxylic acids is 2. The predicted molar refractivity (Wildman–Crippen MR) is 165 cm³/mol. The van der Waals surface area contributed by atoms with Crippen molar-refractivity contribution in [2.24, 2.45) is 0 Å². The highest BCUT2D eigenvalue weighted by molar-refractivity contribution is 7.99. The molecule has 12 heteroatoms. The van der Waals surface area contributed by atoms with Gasteiger partial charge in [-0.25, -0.2) is 0 Å². The van der Waals surface area contributed by atoms with E-state index in [2.05, 4.69) is 20.8 Å². The molecule has 0 aliphatic rings. The van der Waals surface area contributed by atoms with Crippen molar-refractivity contribution < 1.29 is 28.5 Å². The Morgan fingerprint density at radius 2 is 1.51 bits per heavy atom. The summed E-state index contributed by atoms with van der Waals surface area (Å²) in [6, 6.07) is 19.9. The molecule has 2 N–H and O–H groups in total. The molecule has 0 saturated carbocycles. The number of carbonyl (C=O) groups is 2. The molecule has 1 heterocycles. The SMILES string of the molecule is CCOc1cc(C(=O)NCc2nnc(SCC(=O)Nc3ccc(OC)cc3)n2-c2ccccc2)cc(OCC)c1OCC. The minimum absolute atomic E-state index is 0.0838. The molecule has 2 amide bonds. The van der Waals surface area contributed by atoms with Gasteiger partial charge < -0.3 is 29.6 Å². The van der Waals surface area contributed by atoms with Gasteiger partial charge in [0.25, 0.3) is 5.91 Å². The Kier molecular flexibility index (Phi) is 11.3. The molecule has 0 aliphatic heterocycles. The number of aromatic nitrogens is 3. The molecule has 0 unspecified atom stereocenters. The highest BCUT2D eigenvalue weighted by Gasteiger charge is 2.20. The molecule has 3 aromatic carbocycles. The smallest absolute Gasteiger partial charge is 0.251 e. The monoisotopic (exact) mass is 605 g/mol. The van der Waals surface area contributed by atoms with Crippen LogP contribution in [0.4, 0.5) is 5.69 Å². The molecule has 226 valence electrons. The van der Waals surface area contributed by atoms with Crippen LogP contribution in [0.5, 0.6) is 23.0 Å². The van der Waals surface area contributed by atoms with E-state index in [1.54, 1.807) is 43.5 Å². The molecule has 1 aromatic heterocycles. The third-order valence-electron chi connectivity index (χ3n) is 6.00. The number of hydrogen-bond acceptors (Lipinski definition) is 9. The molecule has 0 atom stereocenters. The van der Waals surface area contributed by atoms with Crippen LogP contribution in [0.2, 0.25) is 0 Å². The summed E-state index contributed by atoms with van der Waals surface area (Å²) in [6.45, 7) is 6.89. The van der Waals surface area contributed by atoms with Crippen LogP contribution >= 0.6 is 11.8 Å². The van der Waals surface area contributed by atoms with E-state index in [-0.39, 0.29) is 24.1 Å². The van der Waals surface area contributed by atoms with E-state index in [9.17, 15) is 9.59 Å². The van der Waals surface area contributed by atoms with Crippen LogP contribution in [0.1, 0.15) is 37.0 Å². The minimum Gasteiger partial charge on any atom is -0.497 e. The standard InChI is InChI=1S/C31H35N5O6S/c1-5-40-25-17-21(18-26(41-6-2)29(25)42-7-3)30(38)32-19-27-34-35-31(36(27)23-11-9-8-10-12-23)43-20-28(37)33-22-13-15-24(39-4)16-14-22/h8-18H,5-7,19-20H2,1-4H3,(H,32,38)(H,33,37). The molecule has 0 aliphatic carbocycles. The fourth-order valence-electron chi connectivity index (χ4n) is 4.13. The summed E-state index contributed by atoms with van der Waals surface area (Å²) in [4.78, 5) is 26.0. The lowest BCUT2D eigenvalue weighted by Gasteiger charge is -2.17. The number of benzene rings is 3. The normalized spacial score (nSPS) is 10.6. The van der Waals surface area contributed by atoms with Crippen molar-refractivity contribution >= 4 is 29.3 Å². The largest absolute Gasteiger partial charge is 0.497 e. The Balaban J connectivity index is 1.51. The van der Waals surface area contributed by atoms with Crippen LogP contribution in [0.25, 0.3) is 5.69 Å². The number of thioether (sulfide) groups is 1. The second kappa shape index (κ2) is 15.5. The van der Waals surface area contributed by atoms with Gasteiger partial charge in [0.1, 0.15) is 5.75 Å². The van der Waals surface area contributed by atoms with Gasteiger partial charge in [0, 0.05) is 16.9 Å². The molecule has 4 rings (SSSR count). The summed E-state index contributed by atoms with van der Waals surface area (Å²) in [7, 11) is 1.59. The Bertz CT molecular complexity index is 1480. The van der Waals surface area contributed by atoms with Crippen LogP contribution in [-0.2, 0) is 11.3 Å². The van der Waals surface area contributed by atoms with Crippen molar-refractivity contribution in [3.8, 4) is 28.7 Å². The van der Waals surface area contributed by atoms with Crippen LogP contribution < -0.4 is 29.6 Å². The maximum atomic E-state index is 13.3. The van der Waals surface area contributed by atoms with Gasteiger partial charge >= 0.3 is 0 Å². The molecule has 0 fully saturated rings. The quantitative estimate of drug-likeness (QED) is 0.177. The molecule has 0 spiro atoms. The van der Waals surface area contributed by atoms with Crippen LogP contribution in [0.15, 0.2) is 71.9 Å². The first kappa shape index (κ1) is 31.2. The number of methoxy groups -OCH3 is 1. The van der Waals surface area contributed by atoms with Crippen molar-refractivity contribution in [3.63, 3.8) is 0 Å². The summed E-state index contributed by atoms with van der Waals surface area (Å²) in [5.41, 5.74) is 1.81.